The van der Waals surface area contributed by atoms with Gasteiger partial charge < -0.3 is 40.3 Å². The topological polar surface area (TPSA) is 149 Å². The van der Waals surface area contributed by atoms with E-state index in [4.69, 9.17) is 9.47 Å². The average Bonchev–Trinajstić information content (AvgIpc) is 3.14. The van der Waals surface area contributed by atoms with Crippen LogP contribution in [0.3, 0.4) is 0 Å². The highest BCUT2D eigenvalue weighted by Crippen LogP contribution is 2.22. The van der Waals surface area contributed by atoms with Gasteiger partial charge in [0.2, 0.25) is 5.91 Å². The molecule has 308 valence electrons. The minimum atomic E-state index is -1.56. The fraction of sp³-hybridized carbons (Fsp3) is 0.930. The molecule has 2 unspecified atom stereocenters. The van der Waals surface area contributed by atoms with E-state index in [9.17, 15) is 30.3 Å². The van der Waals surface area contributed by atoms with Crippen molar-refractivity contribution in [3.05, 3.63) is 12.2 Å². The molecule has 0 aromatic carbocycles. The predicted octanol–water partition coefficient (Wildman–Crippen LogP) is 8.56. The lowest BCUT2D eigenvalue weighted by molar-refractivity contribution is -0.302. The molecule has 0 aliphatic carbocycles. The molecule has 0 spiro atoms. The van der Waals surface area contributed by atoms with Crippen LogP contribution in [0.25, 0.3) is 0 Å². The Balaban J connectivity index is 2.38. The molecule has 1 amide bonds. The van der Waals surface area contributed by atoms with Crippen molar-refractivity contribution >= 4 is 5.91 Å². The number of nitrogens with one attached hydrogen (secondary N) is 1. The molecular formula is C43H83NO8. The molecule has 0 aromatic heterocycles. The lowest BCUT2D eigenvalue weighted by Gasteiger charge is -2.40. The third-order valence-corrected chi connectivity index (χ3v) is 10.6. The summed E-state index contributed by atoms with van der Waals surface area (Å²) in [7, 11) is 0. The Hall–Kier alpha value is -1.07. The van der Waals surface area contributed by atoms with Crippen molar-refractivity contribution in [2.45, 2.75) is 243 Å². The monoisotopic (exact) mass is 742 g/mol. The van der Waals surface area contributed by atoms with Gasteiger partial charge in [0.25, 0.3) is 0 Å². The SMILES string of the molecule is CCCCCCCCCCCCCCCCC/C=C/[C@@H](O)[C@H](CO[C@@H]1O[C@H](CO)[C@@H](O)C(O)C1O)NC(=O)CCCCCCCCCCCCCC. The van der Waals surface area contributed by atoms with Crippen LogP contribution in [0.1, 0.15) is 200 Å². The number of unbranched alkanes of at least 4 members (excludes halogenated alkanes) is 26. The Bertz CT molecular complexity index is 827. The van der Waals surface area contributed by atoms with Crippen LogP contribution in [-0.2, 0) is 14.3 Å². The van der Waals surface area contributed by atoms with Crippen LogP contribution in [0.5, 0.6) is 0 Å². The summed E-state index contributed by atoms with van der Waals surface area (Å²) in [5.41, 5.74) is 0. The van der Waals surface area contributed by atoms with Gasteiger partial charge in [-0.1, -0.05) is 187 Å². The third-order valence-electron chi connectivity index (χ3n) is 10.6. The molecule has 1 heterocycles. The van der Waals surface area contributed by atoms with Crippen molar-refractivity contribution in [1.82, 2.24) is 5.32 Å². The summed E-state index contributed by atoms with van der Waals surface area (Å²) in [6.07, 6.45) is 31.1. The normalized spacial score (nSPS) is 21.9. The molecule has 1 saturated heterocycles. The Morgan fingerprint density at radius 3 is 1.50 bits per heavy atom. The molecule has 0 radical (unpaired) electrons. The molecule has 0 bridgehead atoms. The number of hydrogen-bond acceptors (Lipinski definition) is 8. The lowest BCUT2D eigenvalue weighted by Crippen LogP contribution is -2.60. The second-order valence-electron chi connectivity index (χ2n) is 15.5. The first-order valence-electron chi connectivity index (χ1n) is 21.9. The largest absolute Gasteiger partial charge is 0.394 e. The third kappa shape index (κ3) is 25.1. The number of rotatable bonds is 36. The highest BCUT2D eigenvalue weighted by Gasteiger charge is 2.44. The minimum absolute atomic E-state index is 0.177. The molecule has 0 saturated carbocycles. The molecule has 1 rings (SSSR count). The summed E-state index contributed by atoms with van der Waals surface area (Å²) in [4.78, 5) is 12.9. The molecular weight excluding hydrogens is 658 g/mol. The number of allylic oxidation sites excluding steroid dienone is 1. The maximum absolute atomic E-state index is 12.9. The van der Waals surface area contributed by atoms with Crippen molar-refractivity contribution in [1.29, 1.82) is 0 Å². The molecule has 7 atom stereocenters. The fourth-order valence-electron chi connectivity index (χ4n) is 7.04. The molecule has 1 aliphatic heterocycles. The lowest BCUT2D eigenvalue weighted by atomic mass is 9.99. The van der Waals surface area contributed by atoms with Gasteiger partial charge >= 0.3 is 0 Å². The van der Waals surface area contributed by atoms with Gasteiger partial charge in [-0.05, 0) is 19.3 Å². The van der Waals surface area contributed by atoms with Crippen molar-refractivity contribution in [3.63, 3.8) is 0 Å². The van der Waals surface area contributed by atoms with E-state index in [1.165, 1.54) is 141 Å². The van der Waals surface area contributed by atoms with E-state index >= 15 is 0 Å². The Kier molecular flexibility index (Phi) is 32.4. The predicted molar refractivity (Wildman–Crippen MR) is 212 cm³/mol. The Morgan fingerprint density at radius 1 is 0.635 bits per heavy atom. The number of aliphatic hydroxyl groups excluding tert-OH is 5. The van der Waals surface area contributed by atoms with Crippen LogP contribution >= 0.6 is 0 Å². The summed E-state index contributed by atoms with van der Waals surface area (Å²) in [5.74, 6) is -0.177. The van der Waals surface area contributed by atoms with Gasteiger partial charge in [0, 0.05) is 6.42 Å². The van der Waals surface area contributed by atoms with E-state index in [0.717, 1.165) is 38.5 Å². The van der Waals surface area contributed by atoms with Crippen LogP contribution < -0.4 is 5.32 Å². The maximum atomic E-state index is 12.9. The quantitative estimate of drug-likeness (QED) is 0.0277. The molecule has 52 heavy (non-hydrogen) atoms. The number of carbonyl (C=O) groups excluding carboxylic acids is 1. The number of ether oxygens (including phenoxy) is 2. The van der Waals surface area contributed by atoms with Crippen molar-refractivity contribution in [3.8, 4) is 0 Å². The van der Waals surface area contributed by atoms with E-state index < -0.39 is 49.5 Å². The Labute approximate surface area is 318 Å². The smallest absolute Gasteiger partial charge is 0.220 e. The molecule has 9 heteroatoms. The first kappa shape index (κ1) is 48.9. The van der Waals surface area contributed by atoms with Gasteiger partial charge in [0.15, 0.2) is 6.29 Å². The maximum Gasteiger partial charge on any atom is 0.220 e. The van der Waals surface area contributed by atoms with Gasteiger partial charge in [0.05, 0.1) is 25.4 Å². The Morgan fingerprint density at radius 2 is 1.06 bits per heavy atom. The number of carbonyl (C=O) groups is 1. The van der Waals surface area contributed by atoms with Crippen LogP contribution in [-0.4, -0.2) is 87.5 Å². The molecule has 6 N–H and O–H groups in total. The van der Waals surface area contributed by atoms with Crippen molar-refractivity contribution in [2.24, 2.45) is 0 Å². The summed E-state index contributed by atoms with van der Waals surface area (Å²) in [5, 5.41) is 54.1. The van der Waals surface area contributed by atoms with E-state index in [0.29, 0.717) is 6.42 Å². The number of amides is 1. The van der Waals surface area contributed by atoms with Crippen molar-refractivity contribution in [2.75, 3.05) is 13.2 Å². The standard InChI is InChI=1S/C43H83NO8/c1-3-5-7-9-11-13-15-17-18-19-20-21-22-24-26-28-30-32-37(46)36(35-51-43-42(50)41(49)40(48)38(34-45)52-43)44-39(47)33-31-29-27-25-23-16-14-12-10-8-6-4-2/h30,32,36-38,40-43,45-46,48-50H,3-29,31,33-35H2,1-2H3,(H,44,47)/b32-30+/t36-,37+,38+,40+,41?,42?,43+/m0/s1. The second-order valence-corrected chi connectivity index (χ2v) is 15.5. The zero-order valence-electron chi connectivity index (χ0n) is 33.6. The van der Waals surface area contributed by atoms with Gasteiger partial charge in [-0.3, -0.25) is 4.79 Å². The summed E-state index contributed by atoms with van der Waals surface area (Å²) >= 11 is 0. The van der Waals surface area contributed by atoms with E-state index in [-0.39, 0.29) is 12.5 Å². The molecule has 0 aromatic rings. The van der Waals surface area contributed by atoms with Crippen LogP contribution in [0, 0.1) is 0 Å². The first-order valence-corrected chi connectivity index (χ1v) is 21.9. The van der Waals surface area contributed by atoms with E-state index in [1.54, 1.807) is 6.08 Å². The second kappa shape index (κ2) is 34.4. The van der Waals surface area contributed by atoms with Crippen LogP contribution in [0.15, 0.2) is 12.2 Å². The van der Waals surface area contributed by atoms with Gasteiger partial charge in [0.1, 0.15) is 24.4 Å². The minimum Gasteiger partial charge on any atom is -0.394 e. The number of aliphatic hydroxyl groups is 5. The van der Waals surface area contributed by atoms with Gasteiger partial charge in [-0.15, -0.1) is 0 Å². The zero-order chi connectivity index (χ0) is 38.1. The molecule has 9 nitrogen and oxygen atoms in total. The average molecular weight is 742 g/mol. The molecule has 1 fully saturated rings. The van der Waals surface area contributed by atoms with Crippen LogP contribution in [0.2, 0.25) is 0 Å². The molecule has 1 aliphatic rings. The fourth-order valence-corrected chi connectivity index (χ4v) is 7.04. The highest BCUT2D eigenvalue weighted by atomic mass is 16.7. The van der Waals surface area contributed by atoms with E-state index in [1.807, 2.05) is 6.08 Å². The number of hydrogen-bond donors (Lipinski definition) is 6. The summed E-state index contributed by atoms with van der Waals surface area (Å²) < 4.78 is 11.2. The highest BCUT2D eigenvalue weighted by molar-refractivity contribution is 5.76. The van der Waals surface area contributed by atoms with Crippen molar-refractivity contribution < 1.29 is 39.8 Å². The van der Waals surface area contributed by atoms with Crippen LogP contribution in [0.4, 0.5) is 0 Å². The summed E-state index contributed by atoms with van der Waals surface area (Å²) in [6.45, 7) is 3.77. The zero-order valence-corrected chi connectivity index (χ0v) is 33.6. The first-order chi connectivity index (χ1) is 25.3. The van der Waals surface area contributed by atoms with E-state index in [2.05, 4.69) is 19.2 Å². The van der Waals surface area contributed by atoms with Gasteiger partial charge in [-0.25, -0.2) is 0 Å². The summed E-state index contributed by atoms with van der Waals surface area (Å²) in [6, 6.07) is -0.797. The van der Waals surface area contributed by atoms with Gasteiger partial charge in [-0.2, -0.15) is 0 Å².